The number of anilines is 2. The summed E-state index contributed by atoms with van der Waals surface area (Å²) >= 11 is 0. The van der Waals surface area contributed by atoms with Crippen molar-refractivity contribution in [3.8, 4) is 11.5 Å². The quantitative estimate of drug-likeness (QED) is 0.548. The number of halogens is 1. The average Bonchev–Trinajstić information content (AvgIpc) is 3.05. The molecular formula is C26H23FN2O4. The maximum Gasteiger partial charge on any atom is 0.282 e. The van der Waals surface area contributed by atoms with Crippen molar-refractivity contribution >= 4 is 28.8 Å². The van der Waals surface area contributed by atoms with Crippen LogP contribution in [0.25, 0.3) is 5.57 Å². The number of aryl methyl sites for hydroxylation is 2. The van der Waals surface area contributed by atoms with Crippen molar-refractivity contribution < 1.29 is 23.5 Å². The second kappa shape index (κ2) is 8.78. The summed E-state index contributed by atoms with van der Waals surface area (Å²) < 4.78 is 24.6. The Kier molecular flexibility index (Phi) is 5.87. The van der Waals surface area contributed by atoms with Crippen molar-refractivity contribution in [2.24, 2.45) is 0 Å². The Morgan fingerprint density at radius 2 is 1.61 bits per heavy atom. The van der Waals surface area contributed by atoms with Gasteiger partial charge in [0.25, 0.3) is 11.8 Å². The summed E-state index contributed by atoms with van der Waals surface area (Å²) in [6.07, 6.45) is 0. The highest BCUT2D eigenvalue weighted by molar-refractivity contribution is 6.46. The van der Waals surface area contributed by atoms with Crippen LogP contribution in [-0.4, -0.2) is 26.0 Å². The molecular weight excluding hydrogens is 423 g/mol. The normalized spacial score (nSPS) is 13.5. The van der Waals surface area contributed by atoms with E-state index >= 15 is 0 Å². The molecule has 0 saturated heterocycles. The molecule has 0 radical (unpaired) electrons. The summed E-state index contributed by atoms with van der Waals surface area (Å²) in [6, 6.07) is 16.2. The van der Waals surface area contributed by atoms with Gasteiger partial charge in [-0.2, -0.15) is 0 Å². The highest BCUT2D eigenvalue weighted by Crippen LogP contribution is 2.37. The van der Waals surface area contributed by atoms with Crippen molar-refractivity contribution in [3.05, 3.63) is 88.9 Å². The van der Waals surface area contributed by atoms with E-state index in [-0.39, 0.29) is 17.0 Å². The van der Waals surface area contributed by atoms with E-state index < -0.39 is 17.6 Å². The molecule has 3 aromatic rings. The van der Waals surface area contributed by atoms with Gasteiger partial charge in [0.05, 0.1) is 25.5 Å². The van der Waals surface area contributed by atoms with Crippen LogP contribution < -0.4 is 19.7 Å². The molecule has 1 aliphatic heterocycles. The molecule has 0 unspecified atom stereocenters. The smallest absolute Gasteiger partial charge is 0.282 e. The molecule has 0 bridgehead atoms. The SMILES string of the molecule is COc1ccc(C2=C(Nc3cc(C)ccc3C)C(=O)N(c3cccc(F)c3)C2=O)cc1OC. The first-order valence-electron chi connectivity index (χ1n) is 10.3. The van der Waals surface area contributed by atoms with Gasteiger partial charge in [-0.3, -0.25) is 9.59 Å². The Labute approximate surface area is 191 Å². The zero-order chi connectivity index (χ0) is 23.7. The number of methoxy groups -OCH3 is 2. The van der Waals surface area contributed by atoms with Gasteiger partial charge in [0.15, 0.2) is 11.5 Å². The van der Waals surface area contributed by atoms with Crippen molar-refractivity contribution in [2.45, 2.75) is 13.8 Å². The molecule has 6 nitrogen and oxygen atoms in total. The standard InChI is InChI=1S/C26H23FN2O4/c1-15-8-9-16(2)20(12-15)28-24-23(17-10-11-21(32-3)22(13-17)33-4)25(30)29(26(24)31)19-7-5-6-18(27)14-19/h5-14,28H,1-4H3. The summed E-state index contributed by atoms with van der Waals surface area (Å²) in [5.74, 6) is -0.777. The molecule has 0 spiro atoms. The number of nitrogens with one attached hydrogen (secondary N) is 1. The van der Waals surface area contributed by atoms with Gasteiger partial charge in [-0.15, -0.1) is 0 Å². The predicted octanol–water partition coefficient (Wildman–Crippen LogP) is 4.86. The molecule has 3 aromatic carbocycles. The number of hydrogen-bond donors (Lipinski definition) is 1. The third-order valence-electron chi connectivity index (χ3n) is 5.48. The number of benzene rings is 3. The Balaban J connectivity index is 1.88. The van der Waals surface area contributed by atoms with Gasteiger partial charge in [-0.1, -0.05) is 24.3 Å². The van der Waals surface area contributed by atoms with Crippen LogP contribution in [0.5, 0.6) is 11.5 Å². The number of nitrogens with zero attached hydrogens (tertiary/aromatic N) is 1. The number of imide groups is 1. The van der Waals surface area contributed by atoms with E-state index in [0.717, 1.165) is 22.1 Å². The minimum atomic E-state index is -0.573. The minimum Gasteiger partial charge on any atom is -0.493 e. The number of carbonyl (C=O) groups excluding carboxylic acids is 2. The number of ether oxygens (including phenoxy) is 2. The second-order valence-corrected chi connectivity index (χ2v) is 7.69. The largest absolute Gasteiger partial charge is 0.493 e. The average molecular weight is 446 g/mol. The van der Waals surface area contributed by atoms with E-state index in [4.69, 9.17) is 9.47 Å². The molecule has 33 heavy (non-hydrogen) atoms. The third kappa shape index (κ3) is 4.05. The van der Waals surface area contributed by atoms with Crippen molar-refractivity contribution in [1.29, 1.82) is 0 Å². The van der Waals surface area contributed by atoms with Crippen LogP contribution in [-0.2, 0) is 9.59 Å². The van der Waals surface area contributed by atoms with Crippen LogP contribution in [0.1, 0.15) is 16.7 Å². The maximum atomic E-state index is 13.9. The number of rotatable bonds is 6. The molecule has 1 aliphatic rings. The fourth-order valence-corrected chi connectivity index (χ4v) is 3.76. The lowest BCUT2D eigenvalue weighted by atomic mass is 10.0. The first-order valence-corrected chi connectivity index (χ1v) is 10.3. The summed E-state index contributed by atoms with van der Waals surface area (Å²) in [7, 11) is 3.01. The molecule has 168 valence electrons. The summed E-state index contributed by atoms with van der Waals surface area (Å²) in [6.45, 7) is 3.85. The van der Waals surface area contributed by atoms with Crippen LogP contribution in [0.15, 0.2) is 66.4 Å². The molecule has 1 heterocycles. The third-order valence-corrected chi connectivity index (χ3v) is 5.48. The summed E-state index contributed by atoms with van der Waals surface area (Å²) in [5, 5.41) is 3.16. The van der Waals surface area contributed by atoms with Gasteiger partial charge >= 0.3 is 0 Å². The fourth-order valence-electron chi connectivity index (χ4n) is 3.76. The van der Waals surface area contributed by atoms with Crippen LogP contribution in [0.2, 0.25) is 0 Å². The van der Waals surface area contributed by atoms with E-state index in [1.54, 1.807) is 18.2 Å². The van der Waals surface area contributed by atoms with Crippen LogP contribution >= 0.6 is 0 Å². The number of carbonyl (C=O) groups is 2. The molecule has 1 N–H and O–H groups in total. The number of hydrogen-bond acceptors (Lipinski definition) is 5. The lowest BCUT2D eigenvalue weighted by Gasteiger charge is -2.16. The van der Waals surface area contributed by atoms with Gasteiger partial charge in [-0.25, -0.2) is 9.29 Å². The number of amides is 2. The molecule has 0 aromatic heterocycles. The topological polar surface area (TPSA) is 67.9 Å². The van der Waals surface area contributed by atoms with Crippen molar-refractivity contribution in [2.75, 3.05) is 24.4 Å². The first kappa shape index (κ1) is 22.1. The maximum absolute atomic E-state index is 13.9. The first-order chi connectivity index (χ1) is 15.8. The summed E-state index contributed by atoms with van der Waals surface area (Å²) in [5.41, 5.74) is 3.49. The molecule has 4 rings (SSSR count). The Bertz CT molecular complexity index is 1300. The minimum absolute atomic E-state index is 0.102. The molecule has 0 fully saturated rings. The van der Waals surface area contributed by atoms with E-state index in [0.29, 0.717) is 22.7 Å². The Morgan fingerprint density at radius 1 is 0.848 bits per heavy atom. The molecule has 2 amide bonds. The van der Waals surface area contributed by atoms with Gasteiger partial charge in [0.1, 0.15) is 11.5 Å². The molecule has 0 saturated carbocycles. The summed E-state index contributed by atoms with van der Waals surface area (Å²) in [4.78, 5) is 28.0. The van der Waals surface area contributed by atoms with Crippen LogP contribution in [0.3, 0.4) is 0 Å². The Hall–Kier alpha value is -4.13. The zero-order valence-corrected chi connectivity index (χ0v) is 18.7. The van der Waals surface area contributed by atoms with E-state index in [2.05, 4.69) is 5.32 Å². The monoisotopic (exact) mass is 446 g/mol. The highest BCUT2D eigenvalue weighted by Gasteiger charge is 2.40. The van der Waals surface area contributed by atoms with Gasteiger partial charge in [0, 0.05) is 5.69 Å². The Morgan fingerprint density at radius 3 is 2.30 bits per heavy atom. The van der Waals surface area contributed by atoms with E-state index in [9.17, 15) is 14.0 Å². The van der Waals surface area contributed by atoms with E-state index in [1.807, 2.05) is 32.0 Å². The predicted molar refractivity (Wildman–Crippen MR) is 125 cm³/mol. The van der Waals surface area contributed by atoms with Crippen molar-refractivity contribution in [1.82, 2.24) is 0 Å². The molecule has 0 aliphatic carbocycles. The van der Waals surface area contributed by atoms with Crippen LogP contribution in [0.4, 0.5) is 15.8 Å². The second-order valence-electron chi connectivity index (χ2n) is 7.69. The van der Waals surface area contributed by atoms with Crippen LogP contribution in [0, 0.1) is 19.7 Å². The molecule has 0 atom stereocenters. The van der Waals surface area contributed by atoms with Gasteiger partial charge in [0.2, 0.25) is 0 Å². The lowest BCUT2D eigenvalue weighted by molar-refractivity contribution is -0.120. The van der Waals surface area contributed by atoms with Crippen molar-refractivity contribution in [3.63, 3.8) is 0 Å². The van der Waals surface area contributed by atoms with E-state index in [1.165, 1.54) is 32.4 Å². The van der Waals surface area contributed by atoms with Gasteiger partial charge in [-0.05, 0) is 66.9 Å². The zero-order valence-electron chi connectivity index (χ0n) is 18.7. The van der Waals surface area contributed by atoms with Gasteiger partial charge < -0.3 is 14.8 Å². The fraction of sp³-hybridized carbons (Fsp3) is 0.154. The highest BCUT2D eigenvalue weighted by atomic mass is 19.1. The molecule has 7 heteroatoms. The lowest BCUT2D eigenvalue weighted by Crippen LogP contribution is -2.32.